The zero-order valence-corrected chi connectivity index (χ0v) is 11.6. The van der Waals surface area contributed by atoms with Crippen molar-refractivity contribution in [3.63, 3.8) is 0 Å². The van der Waals surface area contributed by atoms with Crippen LogP contribution in [0.1, 0.15) is 37.3 Å². The smallest absolute Gasteiger partial charge is 0.206 e. The number of ether oxygens (including phenoxy) is 1. The van der Waals surface area contributed by atoms with Crippen LogP contribution in [0, 0.1) is 5.92 Å². The van der Waals surface area contributed by atoms with E-state index in [0.717, 1.165) is 25.9 Å². The number of aryl methyl sites for hydroxylation is 1. The second kappa shape index (κ2) is 6.77. The normalized spacial score (nSPS) is 22.8. The van der Waals surface area contributed by atoms with Gasteiger partial charge in [0.1, 0.15) is 6.33 Å². The molecule has 1 N–H and O–H groups in total. The van der Waals surface area contributed by atoms with E-state index in [1.807, 2.05) is 0 Å². The van der Waals surface area contributed by atoms with Crippen LogP contribution < -0.4 is 5.32 Å². The molecule has 2 rings (SSSR count). The van der Waals surface area contributed by atoms with Gasteiger partial charge in [-0.2, -0.15) is 5.10 Å². The lowest BCUT2D eigenvalue weighted by Crippen LogP contribution is -2.40. The molecule has 0 radical (unpaired) electrons. The van der Waals surface area contributed by atoms with Crippen molar-refractivity contribution in [3.05, 3.63) is 12.2 Å². The molecule has 2 unspecified atom stereocenters. The van der Waals surface area contributed by atoms with E-state index in [4.69, 9.17) is 4.74 Å². The van der Waals surface area contributed by atoms with Crippen molar-refractivity contribution in [2.45, 2.75) is 39.3 Å². The van der Waals surface area contributed by atoms with Crippen molar-refractivity contribution in [1.29, 1.82) is 0 Å². The minimum atomic E-state index is -0.147. The molecule has 2 atom stereocenters. The van der Waals surface area contributed by atoms with E-state index in [1.165, 1.54) is 6.33 Å². The lowest BCUT2D eigenvalue weighted by Gasteiger charge is -2.17. The van der Waals surface area contributed by atoms with Gasteiger partial charge in [0.15, 0.2) is 5.82 Å². The Morgan fingerprint density at radius 3 is 3.05 bits per heavy atom. The summed E-state index contributed by atoms with van der Waals surface area (Å²) in [5, 5.41) is 7.48. The average Bonchev–Trinajstić information content (AvgIpc) is 3.04. The number of nitrogens with one attached hydrogen (secondary N) is 1. The van der Waals surface area contributed by atoms with Gasteiger partial charge in [0.05, 0.1) is 19.1 Å². The van der Waals surface area contributed by atoms with Crippen molar-refractivity contribution in [2.24, 2.45) is 5.92 Å². The number of ketones is 1. The molecular weight excluding hydrogens is 244 g/mol. The summed E-state index contributed by atoms with van der Waals surface area (Å²) in [6, 6.07) is 0.0965. The number of hydrogen-bond acceptors (Lipinski definition) is 5. The molecule has 1 aromatic rings. The summed E-state index contributed by atoms with van der Waals surface area (Å²) in [5.74, 6) is 0.351. The third-order valence-electron chi connectivity index (χ3n) is 3.35. The molecule has 1 fully saturated rings. The van der Waals surface area contributed by atoms with Crippen molar-refractivity contribution in [2.75, 3.05) is 19.8 Å². The van der Waals surface area contributed by atoms with Gasteiger partial charge < -0.3 is 10.1 Å². The van der Waals surface area contributed by atoms with Gasteiger partial charge in [-0.3, -0.25) is 4.79 Å². The molecule has 6 nitrogen and oxygen atoms in total. The number of nitrogens with zero attached hydrogens (tertiary/aromatic N) is 3. The zero-order chi connectivity index (χ0) is 13.7. The third kappa shape index (κ3) is 3.19. The number of hydrogen-bond donors (Lipinski definition) is 1. The molecule has 2 heterocycles. The van der Waals surface area contributed by atoms with Gasteiger partial charge in [0, 0.05) is 12.6 Å². The monoisotopic (exact) mass is 266 g/mol. The van der Waals surface area contributed by atoms with Gasteiger partial charge in [0.2, 0.25) is 5.78 Å². The first-order valence-corrected chi connectivity index (χ1v) is 7.01. The first kappa shape index (κ1) is 14.1. The van der Waals surface area contributed by atoms with E-state index < -0.39 is 0 Å². The molecular formula is C13H22N4O2. The Balaban J connectivity index is 2.07. The Morgan fingerprint density at radius 1 is 1.47 bits per heavy atom. The first-order valence-electron chi connectivity index (χ1n) is 7.01. The van der Waals surface area contributed by atoms with Crippen LogP contribution in [0.3, 0.4) is 0 Å². The van der Waals surface area contributed by atoms with Crippen molar-refractivity contribution in [1.82, 2.24) is 20.1 Å². The Morgan fingerprint density at radius 2 is 2.32 bits per heavy atom. The highest BCUT2D eigenvalue weighted by Gasteiger charge is 2.36. The second-order valence-electron chi connectivity index (χ2n) is 4.88. The van der Waals surface area contributed by atoms with E-state index in [1.54, 1.807) is 4.68 Å². The average molecular weight is 266 g/mol. The molecule has 106 valence electrons. The Hall–Kier alpha value is -1.27. The molecule has 0 spiro atoms. The third-order valence-corrected chi connectivity index (χ3v) is 3.35. The van der Waals surface area contributed by atoms with Crippen LogP contribution in [0.25, 0.3) is 0 Å². The molecule has 0 saturated carbocycles. The fourth-order valence-electron chi connectivity index (χ4n) is 2.34. The maximum Gasteiger partial charge on any atom is 0.206 e. The van der Waals surface area contributed by atoms with Crippen LogP contribution in [0.5, 0.6) is 0 Å². The van der Waals surface area contributed by atoms with E-state index in [2.05, 4.69) is 29.2 Å². The highest BCUT2D eigenvalue weighted by molar-refractivity contribution is 5.95. The highest BCUT2D eigenvalue weighted by Crippen LogP contribution is 2.18. The minimum Gasteiger partial charge on any atom is -0.379 e. The number of carbonyl (C=O) groups is 1. The van der Waals surface area contributed by atoms with Gasteiger partial charge in [-0.1, -0.05) is 13.8 Å². The molecule has 1 aromatic heterocycles. The largest absolute Gasteiger partial charge is 0.379 e. The zero-order valence-electron chi connectivity index (χ0n) is 11.6. The van der Waals surface area contributed by atoms with Gasteiger partial charge >= 0.3 is 0 Å². The molecule has 19 heavy (non-hydrogen) atoms. The van der Waals surface area contributed by atoms with E-state index >= 15 is 0 Å². The van der Waals surface area contributed by atoms with E-state index in [9.17, 15) is 4.79 Å². The SMILES string of the molecule is CCCNC1COCC1C(=O)c1ncnn1CCC. The Labute approximate surface area is 113 Å². The molecule has 1 aliphatic heterocycles. The predicted molar refractivity (Wildman–Crippen MR) is 71.0 cm³/mol. The molecule has 6 heteroatoms. The fraction of sp³-hybridized carbons (Fsp3) is 0.769. The number of Topliss-reactive ketones (excluding diaryl/α,β-unsaturated/α-hetero) is 1. The number of carbonyl (C=O) groups excluding carboxylic acids is 1. The Kier molecular flexibility index (Phi) is 5.04. The van der Waals surface area contributed by atoms with Gasteiger partial charge in [-0.15, -0.1) is 0 Å². The molecule has 1 saturated heterocycles. The van der Waals surface area contributed by atoms with Gasteiger partial charge in [0.25, 0.3) is 0 Å². The Bertz CT molecular complexity index is 419. The summed E-state index contributed by atoms with van der Waals surface area (Å²) in [6.07, 6.45) is 3.43. The van der Waals surface area contributed by atoms with Crippen LogP contribution in [0.4, 0.5) is 0 Å². The van der Waals surface area contributed by atoms with Crippen LogP contribution in [-0.2, 0) is 11.3 Å². The summed E-state index contributed by atoms with van der Waals surface area (Å²) in [5.41, 5.74) is 0. The molecule has 1 aliphatic rings. The first-order chi connectivity index (χ1) is 9.27. The predicted octanol–water partition coefficient (Wildman–Crippen LogP) is 0.885. The molecule has 0 aliphatic carbocycles. The standard InChI is InChI=1S/C13H22N4O2/c1-3-5-14-11-8-19-7-10(11)12(18)13-15-9-16-17(13)6-4-2/h9-11,14H,3-8H2,1-2H3. The summed E-state index contributed by atoms with van der Waals surface area (Å²) in [7, 11) is 0. The fourth-order valence-corrected chi connectivity index (χ4v) is 2.34. The van der Waals surface area contributed by atoms with Gasteiger partial charge in [-0.05, 0) is 19.4 Å². The van der Waals surface area contributed by atoms with Crippen LogP contribution >= 0.6 is 0 Å². The lowest BCUT2D eigenvalue weighted by molar-refractivity contribution is 0.0874. The quantitative estimate of drug-likeness (QED) is 0.742. The lowest BCUT2D eigenvalue weighted by atomic mass is 9.97. The number of rotatable bonds is 7. The second-order valence-corrected chi connectivity index (χ2v) is 4.88. The minimum absolute atomic E-state index is 0.0389. The number of aromatic nitrogens is 3. The molecule has 0 aromatic carbocycles. The topological polar surface area (TPSA) is 69.0 Å². The maximum absolute atomic E-state index is 12.5. The highest BCUT2D eigenvalue weighted by atomic mass is 16.5. The summed E-state index contributed by atoms with van der Waals surface area (Å²) >= 11 is 0. The van der Waals surface area contributed by atoms with Gasteiger partial charge in [-0.25, -0.2) is 9.67 Å². The van der Waals surface area contributed by atoms with Crippen LogP contribution in [0.2, 0.25) is 0 Å². The summed E-state index contributed by atoms with van der Waals surface area (Å²) in [4.78, 5) is 16.6. The molecule has 0 bridgehead atoms. The van der Waals surface area contributed by atoms with Crippen molar-refractivity contribution < 1.29 is 9.53 Å². The summed E-state index contributed by atoms with van der Waals surface area (Å²) < 4.78 is 7.14. The summed E-state index contributed by atoms with van der Waals surface area (Å²) in [6.45, 7) is 6.86. The maximum atomic E-state index is 12.5. The van der Waals surface area contributed by atoms with E-state index in [-0.39, 0.29) is 17.7 Å². The van der Waals surface area contributed by atoms with Crippen LogP contribution in [-0.4, -0.2) is 46.3 Å². The van der Waals surface area contributed by atoms with E-state index in [0.29, 0.717) is 19.0 Å². The van der Waals surface area contributed by atoms with Crippen molar-refractivity contribution >= 4 is 5.78 Å². The van der Waals surface area contributed by atoms with Crippen molar-refractivity contribution in [3.8, 4) is 0 Å². The van der Waals surface area contributed by atoms with Crippen LogP contribution in [0.15, 0.2) is 6.33 Å². The molecule has 0 amide bonds.